The first-order valence-corrected chi connectivity index (χ1v) is 10.2. The molecule has 0 saturated carbocycles. The average molecular weight is 393 g/mol. The van der Waals surface area contributed by atoms with Gasteiger partial charge in [-0.1, -0.05) is 24.3 Å². The van der Waals surface area contributed by atoms with E-state index in [1.807, 2.05) is 0 Å². The summed E-state index contributed by atoms with van der Waals surface area (Å²) in [6.07, 6.45) is 2.83. The molecule has 0 saturated heterocycles. The average Bonchev–Trinajstić information content (AvgIpc) is 3.10. The number of carboxylic acids is 1. The summed E-state index contributed by atoms with van der Waals surface area (Å²) >= 11 is 0. The number of imidazole rings is 1. The summed E-state index contributed by atoms with van der Waals surface area (Å²) < 4.78 is 25.3. The first kappa shape index (κ1) is 17.9. The van der Waals surface area contributed by atoms with Gasteiger partial charge in [0.15, 0.2) is 15.5 Å². The van der Waals surface area contributed by atoms with E-state index >= 15 is 0 Å². The van der Waals surface area contributed by atoms with Crippen molar-refractivity contribution in [2.24, 2.45) is 0 Å². The fourth-order valence-corrected chi connectivity index (χ4v) is 3.56. The van der Waals surface area contributed by atoms with E-state index in [-0.39, 0.29) is 10.5 Å². The summed E-state index contributed by atoms with van der Waals surface area (Å²) in [6, 6.07) is 16.6. The Morgan fingerprint density at radius 3 is 2.43 bits per heavy atom. The van der Waals surface area contributed by atoms with Crippen molar-refractivity contribution in [3.8, 4) is 22.5 Å². The number of rotatable bonds is 4. The molecule has 2 aromatic carbocycles. The van der Waals surface area contributed by atoms with E-state index in [1.54, 1.807) is 59.2 Å². The number of fused-ring (bicyclic) bond motifs is 1. The quantitative estimate of drug-likeness (QED) is 0.571. The number of aromatic carboxylic acids is 1. The van der Waals surface area contributed by atoms with Crippen LogP contribution in [0.5, 0.6) is 0 Å². The predicted octanol–water partition coefficient (Wildman–Crippen LogP) is 3.17. The summed E-state index contributed by atoms with van der Waals surface area (Å²) in [5.74, 6) is -0.990. The van der Waals surface area contributed by atoms with Gasteiger partial charge in [0.2, 0.25) is 0 Å². The Balaban J connectivity index is 1.82. The minimum atomic E-state index is -3.32. The van der Waals surface area contributed by atoms with Crippen LogP contribution in [0.15, 0.2) is 71.8 Å². The van der Waals surface area contributed by atoms with Crippen molar-refractivity contribution in [3.05, 3.63) is 72.4 Å². The summed E-state index contributed by atoms with van der Waals surface area (Å²) in [5.41, 5.74) is 3.56. The van der Waals surface area contributed by atoms with Crippen molar-refractivity contribution in [3.63, 3.8) is 0 Å². The normalized spacial score (nSPS) is 11.6. The van der Waals surface area contributed by atoms with Gasteiger partial charge in [-0.3, -0.25) is 0 Å². The Labute approximate surface area is 160 Å². The predicted molar refractivity (Wildman–Crippen MR) is 104 cm³/mol. The molecule has 0 bridgehead atoms. The third kappa shape index (κ3) is 3.25. The molecule has 4 rings (SSSR count). The molecule has 0 spiro atoms. The number of nitrogens with zero attached hydrogens (tertiary/aromatic N) is 3. The highest BCUT2D eigenvalue weighted by atomic mass is 32.2. The Kier molecular flexibility index (Phi) is 4.20. The second kappa shape index (κ2) is 6.58. The van der Waals surface area contributed by atoms with Crippen LogP contribution in [0.25, 0.3) is 28.2 Å². The maximum Gasteiger partial charge on any atom is 0.335 e. The molecule has 2 aromatic heterocycles. The number of hydrogen-bond acceptors (Lipinski definition) is 5. The van der Waals surface area contributed by atoms with Gasteiger partial charge >= 0.3 is 5.97 Å². The molecule has 4 aromatic rings. The van der Waals surface area contributed by atoms with Crippen LogP contribution in [0.2, 0.25) is 0 Å². The number of benzene rings is 2. The SMILES string of the molecule is CS(=O)(=O)c1cccc(-c2ccc3ncc(-c4ccc(C(=O)O)cc4)n3n2)c1. The van der Waals surface area contributed by atoms with Gasteiger partial charge in [-0.15, -0.1) is 0 Å². The Morgan fingerprint density at radius 1 is 1.00 bits per heavy atom. The highest BCUT2D eigenvalue weighted by Gasteiger charge is 2.12. The summed E-state index contributed by atoms with van der Waals surface area (Å²) in [6.45, 7) is 0. The van der Waals surface area contributed by atoms with Crippen molar-refractivity contribution in [2.45, 2.75) is 4.90 Å². The summed E-state index contributed by atoms with van der Waals surface area (Å²) in [7, 11) is -3.32. The first-order valence-electron chi connectivity index (χ1n) is 8.32. The van der Waals surface area contributed by atoms with Gasteiger partial charge in [0, 0.05) is 17.4 Å². The third-order valence-corrected chi connectivity index (χ3v) is 5.46. The molecule has 2 heterocycles. The fourth-order valence-electron chi connectivity index (χ4n) is 2.89. The van der Waals surface area contributed by atoms with Crippen LogP contribution in [0.4, 0.5) is 0 Å². The van der Waals surface area contributed by atoms with Gasteiger partial charge in [-0.2, -0.15) is 5.10 Å². The van der Waals surface area contributed by atoms with Gasteiger partial charge in [0.25, 0.3) is 0 Å². The molecular weight excluding hydrogens is 378 g/mol. The second-order valence-electron chi connectivity index (χ2n) is 6.31. The Morgan fingerprint density at radius 2 is 1.75 bits per heavy atom. The number of aromatic nitrogens is 3. The minimum Gasteiger partial charge on any atom is -0.478 e. The standard InChI is InChI=1S/C20H15N3O4S/c1-28(26,27)16-4-2-3-15(11-16)17-9-10-19-21-12-18(23(19)22-17)13-5-7-14(8-6-13)20(24)25/h2-12H,1H3,(H,24,25). The lowest BCUT2D eigenvalue weighted by Crippen LogP contribution is -2.00. The van der Waals surface area contributed by atoms with Gasteiger partial charge in [0.05, 0.1) is 28.0 Å². The van der Waals surface area contributed by atoms with Crippen LogP contribution in [0.3, 0.4) is 0 Å². The van der Waals surface area contributed by atoms with E-state index in [9.17, 15) is 13.2 Å². The Bertz CT molecular complexity index is 1310. The molecule has 1 N–H and O–H groups in total. The zero-order valence-corrected chi connectivity index (χ0v) is 15.6. The molecule has 0 radical (unpaired) electrons. The smallest absolute Gasteiger partial charge is 0.335 e. The van der Waals surface area contributed by atoms with Gasteiger partial charge < -0.3 is 5.11 Å². The molecular formula is C20H15N3O4S. The van der Waals surface area contributed by atoms with Crippen molar-refractivity contribution in [1.29, 1.82) is 0 Å². The van der Waals surface area contributed by atoms with Crippen molar-refractivity contribution in [2.75, 3.05) is 6.26 Å². The Hall–Kier alpha value is -3.52. The van der Waals surface area contributed by atoms with E-state index in [0.29, 0.717) is 22.6 Å². The molecule has 0 fully saturated rings. The van der Waals surface area contributed by atoms with E-state index in [4.69, 9.17) is 5.11 Å². The molecule has 0 aliphatic heterocycles. The number of hydrogen-bond donors (Lipinski definition) is 1. The van der Waals surface area contributed by atoms with Crippen LogP contribution in [0, 0.1) is 0 Å². The minimum absolute atomic E-state index is 0.198. The highest BCUT2D eigenvalue weighted by Crippen LogP contribution is 2.24. The molecule has 7 nitrogen and oxygen atoms in total. The lowest BCUT2D eigenvalue weighted by molar-refractivity contribution is 0.0697. The zero-order valence-electron chi connectivity index (χ0n) is 14.8. The largest absolute Gasteiger partial charge is 0.478 e. The molecule has 0 aliphatic rings. The molecule has 28 heavy (non-hydrogen) atoms. The molecule has 0 amide bonds. The third-order valence-electron chi connectivity index (χ3n) is 4.35. The van der Waals surface area contributed by atoms with Gasteiger partial charge in [-0.05, 0) is 36.4 Å². The molecule has 140 valence electrons. The van der Waals surface area contributed by atoms with Crippen molar-refractivity contribution >= 4 is 21.5 Å². The maximum absolute atomic E-state index is 11.8. The molecule has 8 heteroatoms. The van der Waals surface area contributed by atoms with Crippen LogP contribution >= 0.6 is 0 Å². The summed E-state index contributed by atoms with van der Waals surface area (Å²) in [4.78, 5) is 15.6. The number of sulfone groups is 1. The fraction of sp³-hybridized carbons (Fsp3) is 0.0500. The van der Waals surface area contributed by atoms with Crippen LogP contribution in [-0.4, -0.2) is 40.3 Å². The van der Waals surface area contributed by atoms with Crippen LogP contribution < -0.4 is 0 Å². The maximum atomic E-state index is 11.8. The number of carbonyl (C=O) groups is 1. The van der Waals surface area contributed by atoms with Crippen molar-refractivity contribution in [1.82, 2.24) is 14.6 Å². The van der Waals surface area contributed by atoms with Crippen LogP contribution in [-0.2, 0) is 9.84 Å². The van der Waals surface area contributed by atoms with E-state index < -0.39 is 15.8 Å². The molecule has 0 unspecified atom stereocenters. The molecule has 0 atom stereocenters. The lowest BCUT2D eigenvalue weighted by atomic mass is 10.1. The second-order valence-corrected chi connectivity index (χ2v) is 8.33. The zero-order chi connectivity index (χ0) is 19.9. The van der Waals surface area contributed by atoms with E-state index in [2.05, 4.69) is 10.1 Å². The monoisotopic (exact) mass is 393 g/mol. The van der Waals surface area contributed by atoms with E-state index in [0.717, 1.165) is 11.8 Å². The summed E-state index contributed by atoms with van der Waals surface area (Å²) in [5, 5.41) is 13.7. The number of carboxylic acid groups (broad SMARTS) is 1. The lowest BCUT2D eigenvalue weighted by Gasteiger charge is -2.06. The molecule has 0 aliphatic carbocycles. The van der Waals surface area contributed by atoms with Gasteiger partial charge in [0.1, 0.15) is 0 Å². The first-order chi connectivity index (χ1) is 13.3. The van der Waals surface area contributed by atoms with Crippen LogP contribution in [0.1, 0.15) is 10.4 Å². The topological polar surface area (TPSA) is 102 Å². The van der Waals surface area contributed by atoms with Crippen molar-refractivity contribution < 1.29 is 18.3 Å². The van der Waals surface area contributed by atoms with E-state index in [1.165, 1.54) is 12.1 Å². The van der Waals surface area contributed by atoms with Gasteiger partial charge in [-0.25, -0.2) is 22.7 Å². The highest BCUT2D eigenvalue weighted by molar-refractivity contribution is 7.90.